The Bertz CT molecular complexity index is 431. The van der Waals surface area contributed by atoms with Crippen molar-refractivity contribution in [3.63, 3.8) is 0 Å². The molecule has 0 unspecified atom stereocenters. The topological polar surface area (TPSA) is 32.8 Å². The van der Waals surface area contributed by atoms with Gasteiger partial charge in [-0.1, -0.05) is 42.5 Å². The van der Waals surface area contributed by atoms with Gasteiger partial charge in [-0.15, -0.1) is 13.2 Å². The van der Waals surface area contributed by atoms with Crippen LogP contribution in [0.25, 0.3) is 0 Å². The fourth-order valence-corrected chi connectivity index (χ4v) is 1.94. The first-order valence-electron chi connectivity index (χ1n) is 5.99. The molecule has 1 aromatic rings. The lowest BCUT2D eigenvalue weighted by atomic mass is 10.1. The molecule has 1 aliphatic rings. The zero-order valence-corrected chi connectivity index (χ0v) is 10.3. The lowest BCUT2D eigenvalue weighted by molar-refractivity contribution is -0.131. The molecule has 1 aliphatic heterocycles. The summed E-state index contributed by atoms with van der Waals surface area (Å²) >= 11 is 0. The second-order valence-corrected chi connectivity index (χ2v) is 4.21. The molecular weight excluding hydrogens is 226 g/mol. The van der Waals surface area contributed by atoms with Crippen molar-refractivity contribution in [3.8, 4) is 0 Å². The monoisotopic (exact) mass is 243 g/mol. The second-order valence-electron chi connectivity index (χ2n) is 4.21. The molecule has 1 heterocycles. The van der Waals surface area contributed by atoms with Gasteiger partial charge >= 0.3 is 0 Å². The van der Waals surface area contributed by atoms with Gasteiger partial charge in [0.25, 0.3) is 5.91 Å². The zero-order valence-electron chi connectivity index (χ0n) is 10.3. The summed E-state index contributed by atoms with van der Waals surface area (Å²) < 4.78 is 5.48. The van der Waals surface area contributed by atoms with Crippen LogP contribution in [0.2, 0.25) is 0 Å². The third kappa shape index (κ3) is 2.68. The molecule has 0 aliphatic carbocycles. The third-order valence-electron chi connectivity index (χ3n) is 2.87. The fraction of sp³-hybridized carbons (Fsp3) is 0.267. The van der Waals surface area contributed by atoms with Crippen LogP contribution in [0.5, 0.6) is 0 Å². The highest BCUT2D eigenvalue weighted by molar-refractivity contribution is 5.84. The summed E-state index contributed by atoms with van der Waals surface area (Å²) in [5, 5.41) is 0. The molecular formula is C15H17NO2. The van der Waals surface area contributed by atoms with Crippen LogP contribution < -0.4 is 0 Å². The Balaban J connectivity index is 1.99. The Morgan fingerprint density at radius 2 is 1.83 bits per heavy atom. The lowest BCUT2D eigenvalue weighted by Gasteiger charge is -2.17. The van der Waals surface area contributed by atoms with Gasteiger partial charge in [0, 0.05) is 13.1 Å². The quantitative estimate of drug-likeness (QED) is 0.567. The number of epoxide rings is 1. The van der Waals surface area contributed by atoms with Crippen LogP contribution in [0, 0.1) is 0 Å². The van der Waals surface area contributed by atoms with Crippen LogP contribution >= 0.6 is 0 Å². The maximum absolute atomic E-state index is 12.2. The number of amides is 1. The molecule has 1 saturated heterocycles. The average molecular weight is 243 g/mol. The first-order chi connectivity index (χ1) is 8.77. The summed E-state index contributed by atoms with van der Waals surface area (Å²) in [4.78, 5) is 13.9. The Labute approximate surface area is 107 Å². The SMILES string of the molecule is C=CCN(CC=C)C(=O)[C@@H]1O[C@H]1c1ccccc1. The maximum atomic E-state index is 12.2. The zero-order chi connectivity index (χ0) is 13.0. The number of nitrogens with zero attached hydrogens (tertiary/aromatic N) is 1. The molecule has 3 heteroatoms. The summed E-state index contributed by atoms with van der Waals surface area (Å²) in [7, 11) is 0. The summed E-state index contributed by atoms with van der Waals surface area (Å²) in [6.07, 6.45) is 2.96. The van der Waals surface area contributed by atoms with E-state index in [0.717, 1.165) is 5.56 Å². The highest BCUT2D eigenvalue weighted by Gasteiger charge is 2.47. The summed E-state index contributed by atoms with van der Waals surface area (Å²) in [6, 6.07) is 9.80. The standard InChI is InChI=1S/C15H17NO2/c1-3-10-16(11-4-2)15(17)14-13(18-14)12-8-6-5-7-9-12/h3-9,13-14H,1-2,10-11H2/t13-,14+/m0/s1. The molecule has 1 aromatic carbocycles. The normalized spacial score (nSPS) is 21.1. The van der Waals surface area contributed by atoms with Gasteiger partial charge in [-0.05, 0) is 5.56 Å². The number of benzene rings is 1. The van der Waals surface area contributed by atoms with E-state index in [1.54, 1.807) is 17.1 Å². The molecule has 3 nitrogen and oxygen atoms in total. The van der Waals surface area contributed by atoms with Gasteiger partial charge in [0.2, 0.25) is 0 Å². The van der Waals surface area contributed by atoms with Gasteiger partial charge in [0.15, 0.2) is 6.10 Å². The molecule has 18 heavy (non-hydrogen) atoms. The van der Waals surface area contributed by atoms with Gasteiger partial charge in [0.1, 0.15) is 6.10 Å². The summed E-state index contributed by atoms with van der Waals surface area (Å²) in [6.45, 7) is 8.35. The molecule has 0 N–H and O–H groups in total. The molecule has 0 radical (unpaired) electrons. The Morgan fingerprint density at radius 1 is 1.22 bits per heavy atom. The Hall–Kier alpha value is -1.87. The van der Waals surface area contributed by atoms with Crippen molar-refractivity contribution < 1.29 is 9.53 Å². The molecule has 94 valence electrons. The molecule has 0 bridgehead atoms. The largest absolute Gasteiger partial charge is 0.354 e. The smallest absolute Gasteiger partial charge is 0.255 e. The number of rotatable bonds is 6. The minimum absolute atomic E-state index is 0.00338. The van der Waals surface area contributed by atoms with E-state index in [1.165, 1.54) is 0 Å². The highest BCUT2D eigenvalue weighted by atomic mass is 16.6. The van der Waals surface area contributed by atoms with Crippen LogP contribution in [0.15, 0.2) is 55.6 Å². The van der Waals surface area contributed by atoms with E-state index in [2.05, 4.69) is 13.2 Å². The van der Waals surface area contributed by atoms with E-state index in [4.69, 9.17) is 4.74 Å². The molecule has 0 aromatic heterocycles. The van der Waals surface area contributed by atoms with E-state index in [0.29, 0.717) is 13.1 Å². The third-order valence-corrected chi connectivity index (χ3v) is 2.87. The van der Waals surface area contributed by atoms with Crippen molar-refractivity contribution in [2.45, 2.75) is 12.2 Å². The second kappa shape index (κ2) is 5.65. The lowest BCUT2D eigenvalue weighted by Crippen LogP contribution is -2.34. The molecule has 0 spiro atoms. The van der Waals surface area contributed by atoms with Crippen molar-refractivity contribution in [1.29, 1.82) is 0 Å². The fourth-order valence-electron chi connectivity index (χ4n) is 1.94. The first kappa shape index (κ1) is 12.6. The van der Waals surface area contributed by atoms with Gasteiger partial charge in [-0.2, -0.15) is 0 Å². The molecule has 1 fully saturated rings. The van der Waals surface area contributed by atoms with Crippen molar-refractivity contribution in [3.05, 3.63) is 61.2 Å². The maximum Gasteiger partial charge on any atom is 0.255 e. The Morgan fingerprint density at radius 3 is 2.39 bits per heavy atom. The van der Waals surface area contributed by atoms with Crippen molar-refractivity contribution in [2.75, 3.05) is 13.1 Å². The molecule has 2 rings (SSSR count). The minimum Gasteiger partial charge on any atom is -0.354 e. The number of ether oxygens (including phenoxy) is 1. The Kier molecular flexibility index (Phi) is 3.95. The van der Waals surface area contributed by atoms with E-state index in [9.17, 15) is 4.79 Å². The van der Waals surface area contributed by atoms with Gasteiger partial charge in [-0.25, -0.2) is 0 Å². The van der Waals surface area contributed by atoms with E-state index < -0.39 is 0 Å². The number of hydrogen-bond acceptors (Lipinski definition) is 2. The van der Waals surface area contributed by atoms with Crippen LogP contribution in [0.1, 0.15) is 11.7 Å². The van der Waals surface area contributed by atoms with Crippen LogP contribution in [0.3, 0.4) is 0 Å². The van der Waals surface area contributed by atoms with Crippen LogP contribution in [-0.2, 0) is 9.53 Å². The van der Waals surface area contributed by atoms with E-state index in [-0.39, 0.29) is 18.1 Å². The number of hydrogen-bond donors (Lipinski definition) is 0. The molecule has 2 atom stereocenters. The molecule has 0 saturated carbocycles. The van der Waals surface area contributed by atoms with Crippen LogP contribution in [-0.4, -0.2) is 30.0 Å². The summed E-state index contributed by atoms with van der Waals surface area (Å²) in [5.74, 6) is 0.00338. The summed E-state index contributed by atoms with van der Waals surface area (Å²) in [5.41, 5.74) is 1.05. The van der Waals surface area contributed by atoms with Gasteiger partial charge in [-0.3, -0.25) is 4.79 Å². The number of carbonyl (C=O) groups is 1. The van der Waals surface area contributed by atoms with E-state index >= 15 is 0 Å². The predicted octanol–water partition coefficient (Wildman–Crippen LogP) is 2.33. The molecule has 1 amide bonds. The van der Waals surface area contributed by atoms with Gasteiger partial charge < -0.3 is 9.64 Å². The van der Waals surface area contributed by atoms with Crippen molar-refractivity contribution >= 4 is 5.91 Å². The predicted molar refractivity (Wildman–Crippen MR) is 71.0 cm³/mol. The van der Waals surface area contributed by atoms with Gasteiger partial charge in [0.05, 0.1) is 0 Å². The van der Waals surface area contributed by atoms with Crippen LogP contribution in [0.4, 0.5) is 0 Å². The highest BCUT2D eigenvalue weighted by Crippen LogP contribution is 2.39. The van der Waals surface area contributed by atoms with E-state index in [1.807, 2.05) is 30.3 Å². The first-order valence-corrected chi connectivity index (χ1v) is 5.99. The van der Waals surface area contributed by atoms with Crippen molar-refractivity contribution in [1.82, 2.24) is 4.90 Å². The minimum atomic E-state index is -0.354. The average Bonchev–Trinajstić information content (AvgIpc) is 3.19. The number of carbonyl (C=O) groups excluding carboxylic acids is 1. The van der Waals surface area contributed by atoms with Crippen molar-refractivity contribution in [2.24, 2.45) is 0 Å².